The van der Waals surface area contributed by atoms with Crippen LogP contribution >= 0.6 is 0 Å². The van der Waals surface area contributed by atoms with Crippen LogP contribution in [0.15, 0.2) is 11.6 Å². The quantitative estimate of drug-likeness (QED) is 0.469. The van der Waals surface area contributed by atoms with Crippen molar-refractivity contribution in [2.45, 2.75) is 32.4 Å². The molecule has 0 unspecified atom stereocenters. The van der Waals surface area contributed by atoms with Crippen molar-refractivity contribution in [1.29, 1.82) is 0 Å². The summed E-state index contributed by atoms with van der Waals surface area (Å²) in [5.41, 5.74) is -0.886. The molecule has 0 aromatic heterocycles. The van der Waals surface area contributed by atoms with Gasteiger partial charge in [-0.05, 0) is 6.42 Å². The van der Waals surface area contributed by atoms with Crippen molar-refractivity contribution in [3.05, 3.63) is 11.6 Å². The van der Waals surface area contributed by atoms with E-state index in [-0.39, 0.29) is 6.42 Å². The van der Waals surface area contributed by atoms with E-state index in [2.05, 4.69) is 0 Å². The van der Waals surface area contributed by atoms with Gasteiger partial charge >= 0.3 is 6.18 Å². The topological polar surface area (TPSA) is 0 Å². The Hall–Kier alpha value is -0.610. The van der Waals surface area contributed by atoms with Crippen molar-refractivity contribution in [1.82, 2.24) is 0 Å². The third kappa shape index (κ3) is 4.31. The normalized spacial score (nSPS) is 14.1. The van der Waals surface area contributed by atoms with Crippen LogP contribution in [0.3, 0.4) is 0 Å². The van der Waals surface area contributed by atoms with E-state index in [1.54, 1.807) is 0 Å². The van der Waals surface area contributed by atoms with E-state index < -0.39 is 24.6 Å². The zero-order chi connectivity index (χ0) is 9.78. The van der Waals surface area contributed by atoms with Crippen LogP contribution in [0.5, 0.6) is 0 Å². The molecule has 0 aliphatic rings. The van der Waals surface area contributed by atoms with Crippen LogP contribution in [0.2, 0.25) is 0 Å². The van der Waals surface area contributed by atoms with Crippen molar-refractivity contribution in [3.63, 3.8) is 0 Å². The Labute approximate surface area is 67.1 Å². The highest BCUT2D eigenvalue weighted by Crippen LogP contribution is 2.28. The van der Waals surface area contributed by atoms with Gasteiger partial charge in [-0.1, -0.05) is 13.0 Å². The van der Waals surface area contributed by atoms with Gasteiger partial charge in [-0.15, -0.1) is 0 Å². The molecule has 0 N–H and O–H groups in total. The molecular formula is C7H9F5. The van der Waals surface area contributed by atoms with E-state index in [1.807, 2.05) is 0 Å². The summed E-state index contributed by atoms with van der Waals surface area (Å²) in [4.78, 5) is 0. The first-order valence-electron chi connectivity index (χ1n) is 3.42. The molecule has 0 aromatic rings. The van der Waals surface area contributed by atoms with Gasteiger partial charge in [0.25, 0.3) is 0 Å². The number of rotatable bonds is 3. The zero-order valence-electron chi connectivity index (χ0n) is 6.46. The van der Waals surface area contributed by atoms with Crippen molar-refractivity contribution in [2.24, 2.45) is 0 Å². The number of hydrogen-bond donors (Lipinski definition) is 0. The van der Waals surface area contributed by atoms with Crippen LogP contribution in [0, 0.1) is 0 Å². The number of hydrogen-bond acceptors (Lipinski definition) is 0. The summed E-state index contributed by atoms with van der Waals surface area (Å²) in [6, 6.07) is 0. The van der Waals surface area contributed by atoms with Gasteiger partial charge < -0.3 is 0 Å². The Bertz CT molecular complexity index is 156. The molecule has 0 atom stereocenters. The lowest BCUT2D eigenvalue weighted by atomic mass is 10.1. The van der Waals surface area contributed by atoms with Crippen LogP contribution in [-0.2, 0) is 0 Å². The molecule has 0 saturated carbocycles. The fraction of sp³-hybridized carbons (Fsp3) is 0.714. The minimum Gasteiger partial charge on any atom is -0.210 e. The molecule has 0 amide bonds. The van der Waals surface area contributed by atoms with Gasteiger partial charge in [0, 0.05) is 12.0 Å². The van der Waals surface area contributed by atoms with Crippen LogP contribution in [0.1, 0.15) is 19.8 Å². The monoisotopic (exact) mass is 188 g/mol. The Kier molecular flexibility index (Phi) is 4.20. The first-order valence-corrected chi connectivity index (χ1v) is 3.42. The lowest BCUT2D eigenvalue weighted by Gasteiger charge is -2.08. The maximum Gasteiger partial charge on any atom is 0.412 e. The van der Waals surface area contributed by atoms with E-state index >= 15 is 0 Å². The molecule has 0 aromatic carbocycles. The SMILES string of the molecule is CC/C(=C/CC(F)F)C(F)(F)F. The van der Waals surface area contributed by atoms with Crippen molar-refractivity contribution >= 4 is 0 Å². The Balaban J connectivity index is 4.24. The average Bonchev–Trinajstić information content (AvgIpc) is 1.85. The molecule has 0 radical (unpaired) electrons. The predicted octanol–water partition coefficient (Wildman–Crippen LogP) is 3.54. The highest BCUT2D eigenvalue weighted by molar-refractivity contribution is 5.08. The third-order valence-corrected chi connectivity index (χ3v) is 1.29. The molecule has 0 aliphatic heterocycles. The molecule has 0 heterocycles. The van der Waals surface area contributed by atoms with E-state index in [1.165, 1.54) is 6.92 Å². The molecule has 5 heteroatoms. The first kappa shape index (κ1) is 11.4. The van der Waals surface area contributed by atoms with Gasteiger partial charge in [0.1, 0.15) is 0 Å². The summed E-state index contributed by atoms with van der Waals surface area (Å²) in [6.07, 6.45) is -7.73. The van der Waals surface area contributed by atoms with Crippen molar-refractivity contribution < 1.29 is 22.0 Å². The highest BCUT2D eigenvalue weighted by atomic mass is 19.4. The lowest BCUT2D eigenvalue weighted by molar-refractivity contribution is -0.0939. The molecule has 0 aliphatic carbocycles. The zero-order valence-corrected chi connectivity index (χ0v) is 6.46. The fourth-order valence-electron chi connectivity index (χ4n) is 0.692. The standard InChI is InChI=1S/C7H9F5/c1-2-5(7(10,11)12)3-4-6(8)9/h3,6H,2,4H2,1H3/b5-3-. The molecule has 0 saturated heterocycles. The summed E-state index contributed by atoms with van der Waals surface area (Å²) in [5.74, 6) is 0. The molecule has 72 valence electrons. The Morgan fingerprint density at radius 2 is 1.83 bits per heavy atom. The second-order valence-electron chi connectivity index (χ2n) is 2.21. The molecular weight excluding hydrogens is 179 g/mol. The summed E-state index contributed by atoms with van der Waals surface area (Å²) >= 11 is 0. The fourth-order valence-corrected chi connectivity index (χ4v) is 0.692. The minimum atomic E-state index is -4.47. The van der Waals surface area contributed by atoms with Gasteiger partial charge in [0.2, 0.25) is 6.43 Å². The van der Waals surface area contributed by atoms with Gasteiger partial charge in [0.15, 0.2) is 0 Å². The van der Waals surface area contributed by atoms with E-state index in [4.69, 9.17) is 0 Å². The molecule has 12 heavy (non-hydrogen) atoms. The maximum atomic E-state index is 11.9. The van der Waals surface area contributed by atoms with Gasteiger partial charge in [-0.3, -0.25) is 0 Å². The van der Waals surface area contributed by atoms with E-state index in [0.29, 0.717) is 6.08 Å². The molecule has 0 nitrogen and oxygen atoms in total. The van der Waals surface area contributed by atoms with Crippen LogP contribution in [0.25, 0.3) is 0 Å². The third-order valence-electron chi connectivity index (χ3n) is 1.29. The maximum absolute atomic E-state index is 11.9. The molecule has 0 fully saturated rings. The van der Waals surface area contributed by atoms with Gasteiger partial charge in [-0.2, -0.15) is 13.2 Å². The first-order chi connectivity index (χ1) is 5.38. The average molecular weight is 188 g/mol. The summed E-state index contributed by atoms with van der Waals surface area (Å²) in [6.45, 7) is 1.28. The molecule has 0 rings (SSSR count). The second kappa shape index (κ2) is 4.42. The highest BCUT2D eigenvalue weighted by Gasteiger charge is 2.31. The minimum absolute atomic E-state index is 0.268. The summed E-state index contributed by atoms with van der Waals surface area (Å²) in [7, 11) is 0. The second-order valence-corrected chi connectivity index (χ2v) is 2.21. The van der Waals surface area contributed by atoms with Crippen LogP contribution < -0.4 is 0 Å². The van der Waals surface area contributed by atoms with Gasteiger partial charge in [-0.25, -0.2) is 8.78 Å². The smallest absolute Gasteiger partial charge is 0.210 e. The van der Waals surface area contributed by atoms with Crippen molar-refractivity contribution in [2.75, 3.05) is 0 Å². The predicted molar refractivity (Wildman–Crippen MR) is 35.0 cm³/mol. The largest absolute Gasteiger partial charge is 0.412 e. The lowest BCUT2D eigenvalue weighted by Crippen LogP contribution is -2.11. The van der Waals surface area contributed by atoms with E-state index in [9.17, 15) is 22.0 Å². The molecule has 0 bridgehead atoms. The van der Waals surface area contributed by atoms with Crippen LogP contribution in [-0.4, -0.2) is 12.6 Å². The summed E-state index contributed by atoms with van der Waals surface area (Å²) in [5, 5.41) is 0. The molecule has 0 spiro atoms. The number of alkyl halides is 5. The van der Waals surface area contributed by atoms with E-state index in [0.717, 1.165) is 0 Å². The number of halogens is 5. The number of allylic oxidation sites excluding steroid dienone is 2. The Morgan fingerprint density at radius 3 is 2.08 bits per heavy atom. The summed E-state index contributed by atoms with van der Waals surface area (Å²) < 4.78 is 58.6. The Morgan fingerprint density at radius 1 is 1.33 bits per heavy atom. The van der Waals surface area contributed by atoms with Crippen LogP contribution in [0.4, 0.5) is 22.0 Å². The van der Waals surface area contributed by atoms with Crippen molar-refractivity contribution in [3.8, 4) is 0 Å². The van der Waals surface area contributed by atoms with Gasteiger partial charge in [0.05, 0.1) is 0 Å².